The average Bonchev–Trinajstić information content (AvgIpc) is 3.32. The molecule has 1 aromatic carbocycles. The van der Waals surface area contributed by atoms with Gasteiger partial charge >= 0.3 is 5.97 Å². The molecule has 2 atom stereocenters. The molecule has 1 aliphatic rings. The number of hydrogen-bond acceptors (Lipinski definition) is 6. The molecule has 0 saturated heterocycles. The van der Waals surface area contributed by atoms with Crippen LogP contribution in [0.4, 0.5) is 5.69 Å². The number of aryl methyl sites for hydroxylation is 1. The second-order valence-electron chi connectivity index (χ2n) is 7.96. The first-order valence-corrected chi connectivity index (χ1v) is 11.1. The fourth-order valence-electron chi connectivity index (χ4n) is 4.16. The van der Waals surface area contributed by atoms with Gasteiger partial charge in [0.25, 0.3) is 0 Å². The van der Waals surface area contributed by atoms with Crippen LogP contribution in [0.15, 0.2) is 24.3 Å². The summed E-state index contributed by atoms with van der Waals surface area (Å²) in [7, 11) is 0. The molecule has 166 valence electrons. The normalized spacial score (nSPS) is 18.9. The number of hydrogen-bond donors (Lipinski definition) is 2. The molecular weight excluding hydrogens is 418 g/mol. The zero-order valence-corrected chi connectivity index (χ0v) is 18.6. The van der Waals surface area contributed by atoms with Crippen molar-refractivity contribution >= 4 is 28.9 Å². The van der Waals surface area contributed by atoms with Gasteiger partial charge in [-0.3, -0.25) is 9.89 Å². The van der Waals surface area contributed by atoms with E-state index in [0.29, 0.717) is 22.4 Å². The lowest BCUT2D eigenvalue weighted by molar-refractivity contribution is -0.164. The monoisotopic (exact) mass is 445 g/mol. The van der Waals surface area contributed by atoms with Crippen LogP contribution < -0.4 is 5.32 Å². The summed E-state index contributed by atoms with van der Waals surface area (Å²) in [4.78, 5) is 16.8. The minimum Gasteiger partial charge on any atom is -0.438 e. The van der Waals surface area contributed by atoms with Crippen molar-refractivity contribution in [2.75, 3.05) is 18.8 Å². The van der Waals surface area contributed by atoms with E-state index in [1.165, 1.54) is 6.42 Å². The zero-order chi connectivity index (χ0) is 21.8. The van der Waals surface area contributed by atoms with Crippen molar-refractivity contribution in [3.8, 4) is 11.4 Å². The van der Waals surface area contributed by atoms with Crippen molar-refractivity contribution in [3.63, 3.8) is 0 Å². The third kappa shape index (κ3) is 4.85. The van der Waals surface area contributed by atoms with Crippen LogP contribution in [0.25, 0.3) is 17.0 Å². The first kappa shape index (κ1) is 21.6. The van der Waals surface area contributed by atoms with Crippen molar-refractivity contribution in [1.29, 1.82) is 0 Å². The predicted octanol–water partition coefficient (Wildman–Crippen LogP) is 4.79. The lowest BCUT2D eigenvalue weighted by Gasteiger charge is -2.28. The summed E-state index contributed by atoms with van der Waals surface area (Å²) in [6, 6.07) is 7.68. The van der Waals surface area contributed by atoms with Gasteiger partial charge in [-0.05, 0) is 49.9 Å². The minimum absolute atomic E-state index is 0.0188. The van der Waals surface area contributed by atoms with Gasteiger partial charge in [-0.15, -0.1) is 5.10 Å². The topological polar surface area (TPSA) is 93.5 Å². The summed E-state index contributed by atoms with van der Waals surface area (Å²) in [6.45, 7) is 4.22. The highest BCUT2D eigenvalue weighted by atomic mass is 35.5. The maximum Gasteiger partial charge on any atom is 0.311 e. The summed E-state index contributed by atoms with van der Waals surface area (Å²) in [5, 5.41) is 11.2. The van der Waals surface area contributed by atoms with Gasteiger partial charge in [0.2, 0.25) is 0 Å². The van der Waals surface area contributed by atoms with Crippen molar-refractivity contribution in [1.82, 2.24) is 19.8 Å². The van der Waals surface area contributed by atoms with Crippen molar-refractivity contribution in [2.24, 2.45) is 11.8 Å². The molecular formula is C22H28ClN5O3. The van der Waals surface area contributed by atoms with Crippen LogP contribution in [0.3, 0.4) is 0 Å². The van der Waals surface area contributed by atoms with E-state index in [0.717, 1.165) is 42.6 Å². The number of nitrogens with zero attached hydrogens (tertiary/aromatic N) is 3. The highest BCUT2D eigenvalue weighted by Gasteiger charge is 2.30. The van der Waals surface area contributed by atoms with E-state index in [4.69, 9.17) is 21.1 Å². The van der Waals surface area contributed by atoms with Crippen LogP contribution in [0.1, 0.15) is 44.7 Å². The fourth-order valence-corrected chi connectivity index (χ4v) is 4.32. The van der Waals surface area contributed by atoms with Gasteiger partial charge in [-0.25, -0.2) is 4.98 Å². The SMILES string of the molecule is CC[C@H]1CCCC[C@H]1C(=O)OCOCNc1ccc(-c2nc3c(Cl)c(C)[nH]n3n2)cc1. The third-order valence-corrected chi connectivity index (χ3v) is 6.40. The number of halogens is 1. The Kier molecular flexibility index (Phi) is 6.77. The molecule has 1 aliphatic carbocycles. The molecule has 2 aromatic heterocycles. The maximum absolute atomic E-state index is 12.3. The molecule has 0 unspecified atom stereocenters. The first-order chi connectivity index (χ1) is 15.1. The molecule has 8 nitrogen and oxygen atoms in total. The van der Waals surface area contributed by atoms with E-state index in [1.54, 1.807) is 4.63 Å². The number of carbonyl (C=O) groups is 1. The molecule has 0 bridgehead atoms. The van der Waals surface area contributed by atoms with Crippen molar-refractivity contribution in [2.45, 2.75) is 46.0 Å². The Morgan fingerprint density at radius 1 is 1.29 bits per heavy atom. The number of aromatic nitrogens is 4. The lowest BCUT2D eigenvalue weighted by atomic mass is 9.78. The maximum atomic E-state index is 12.3. The fraction of sp³-hybridized carbons (Fsp3) is 0.500. The largest absolute Gasteiger partial charge is 0.438 e. The Labute approximate surface area is 186 Å². The molecule has 1 fully saturated rings. The van der Waals surface area contributed by atoms with E-state index in [1.807, 2.05) is 31.2 Å². The quantitative estimate of drug-likeness (QED) is 0.294. The smallest absolute Gasteiger partial charge is 0.311 e. The molecule has 1 saturated carbocycles. The Morgan fingerprint density at radius 3 is 2.81 bits per heavy atom. The van der Waals surface area contributed by atoms with Crippen LogP contribution in [-0.4, -0.2) is 39.3 Å². The minimum atomic E-state index is -0.130. The molecule has 0 amide bonds. The van der Waals surface area contributed by atoms with Gasteiger partial charge in [-0.1, -0.05) is 37.8 Å². The van der Waals surface area contributed by atoms with E-state index in [-0.39, 0.29) is 25.4 Å². The van der Waals surface area contributed by atoms with E-state index in [9.17, 15) is 4.79 Å². The van der Waals surface area contributed by atoms with Gasteiger partial charge in [0.1, 0.15) is 11.8 Å². The summed E-state index contributed by atoms with van der Waals surface area (Å²) < 4.78 is 12.3. The summed E-state index contributed by atoms with van der Waals surface area (Å²) >= 11 is 6.22. The van der Waals surface area contributed by atoms with E-state index in [2.05, 4.69) is 27.4 Å². The number of H-pyrrole nitrogens is 1. The molecule has 0 aliphatic heterocycles. The second kappa shape index (κ2) is 9.70. The van der Waals surface area contributed by atoms with Gasteiger partial charge in [0, 0.05) is 11.3 Å². The van der Waals surface area contributed by atoms with Gasteiger partial charge in [0.15, 0.2) is 18.3 Å². The Balaban J connectivity index is 1.23. The number of carbonyl (C=O) groups excluding carboxylic acids is 1. The highest BCUT2D eigenvalue weighted by Crippen LogP contribution is 2.33. The molecule has 3 aromatic rings. The number of anilines is 1. The number of benzene rings is 1. The van der Waals surface area contributed by atoms with Crippen molar-refractivity contribution < 1.29 is 14.3 Å². The van der Waals surface area contributed by atoms with Crippen molar-refractivity contribution in [3.05, 3.63) is 35.0 Å². The number of ether oxygens (including phenoxy) is 2. The molecule has 2 heterocycles. The van der Waals surface area contributed by atoms with Crippen LogP contribution in [-0.2, 0) is 14.3 Å². The average molecular weight is 446 g/mol. The number of esters is 1. The first-order valence-electron chi connectivity index (χ1n) is 10.8. The predicted molar refractivity (Wildman–Crippen MR) is 119 cm³/mol. The number of nitrogens with one attached hydrogen (secondary N) is 2. The van der Waals surface area contributed by atoms with Crippen LogP contribution in [0, 0.1) is 18.8 Å². The third-order valence-electron chi connectivity index (χ3n) is 5.95. The summed E-state index contributed by atoms with van der Waals surface area (Å²) in [6.07, 6.45) is 5.38. The lowest BCUT2D eigenvalue weighted by Crippen LogP contribution is -2.29. The van der Waals surface area contributed by atoms with Crippen LogP contribution >= 0.6 is 11.6 Å². The van der Waals surface area contributed by atoms with Gasteiger partial charge < -0.3 is 14.8 Å². The number of aromatic amines is 1. The number of fused-ring (bicyclic) bond motifs is 1. The molecule has 9 heteroatoms. The Bertz CT molecular complexity index is 1030. The number of rotatable bonds is 8. The molecule has 0 radical (unpaired) electrons. The standard InChI is InChI=1S/C22H28ClN5O3/c1-3-15-6-4-5-7-18(15)22(29)31-13-30-12-24-17-10-8-16(9-11-17)20-25-21-19(23)14(2)26-28(21)27-20/h8-11,15,18,24,26H,3-7,12-13H2,1-2H3/t15-,18+/m0/s1. The Hall–Kier alpha value is -2.58. The Morgan fingerprint density at radius 2 is 2.06 bits per heavy atom. The molecule has 2 N–H and O–H groups in total. The molecule has 31 heavy (non-hydrogen) atoms. The van der Waals surface area contributed by atoms with E-state index >= 15 is 0 Å². The highest BCUT2D eigenvalue weighted by molar-refractivity contribution is 6.34. The van der Waals surface area contributed by atoms with Crippen LogP contribution in [0.5, 0.6) is 0 Å². The summed E-state index contributed by atoms with van der Waals surface area (Å²) in [5.74, 6) is 0.923. The van der Waals surface area contributed by atoms with Gasteiger partial charge in [0.05, 0.1) is 11.6 Å². The molecule has 4 rings (SSSR count). The zero-order valence-electron chi connectivity index (χ0n) is 17.9. The van der Waals surface area contributed by atoms with E-state index < -0.39 is 0 Å². The van der Waals surface area contributed by atoms with Crippen LogP contribution in [0.2, 0.25) is 5.02 Å². The molecule has 0 spiro atoms. The summed E-state index contributed by atoms with van der Waals surface area (Å²) in [5.41, 5.74) is 3.20. The van der Waals surface area contributed by atoms with Gasteiger partial charge in [-0.2, -0.15) is 4.63 Å². The second-order valence-corrected chi connectivity index (χ2v) is 8.34.